The first-order valence-electron chi connectivity index (χ1n) is 39.4. The average Bonchev–Trinajstić information content (AvgIpc) is 2.82. The maximum atomic E-state index is 13.0. The van der Waals surface area contributed by atoms with E-state index in [1.165, 1.54) is 295 Å². The largest absolute Gasteiger partial charge is 0.466 e. The van der Waals surface area contributed by atoms with Gasteiger partial charge in [0.1, 0.15) is 24.4 Å². The van der Waals surface area contributed by atoms with E-state index in [-0.39, 0.29) is 18.5 Å². The van der Waals surface area contributed by atoms with Crippen molar-refractivity contribution in [2.24, 2.45) is 0 Å². The van der Waals surface area contributed by atoms with Crippen molar-refractivity contribution in [3.8, 4) is 0 Å². The molecule has 11 heteroatoms. The summed E-state index contributed by atoms with van der Waals surface area (Å²) in [5.41, 5.74) is 0. The number of allylic oxidation sites excluding steroid dienone is 7. The fourth-order valence-electron chi connectivity index (χ4n) is 12.5. The summed E-state index contributed by atoms with van der Waals surface area (Å²) in [4.78, 5) is 25.1. The van der Waals surface area contributed by atoms with E-state index in [2.05, 4.69) is 55.6 Å². The van der Waals surface area contributed by atoms with Gasteiger partial charge in [0.05, 0.1) is 32.0 Å². The molecule has 0 aliphatic carbocycles. The Hall–Kier alpha value is -2.38. The lowest BCUT2D eigenvalue weighted by Gasteiger charge is -2.40. The molecule has 7 atom stereocenters. The van der Waals surface area contributed by atoms with Crippen LogP contribution in [0.25, 0.3) is 0 Å². The van der Waals surface area contributed by atoms with Gasteiger partial charge in [0.15, 0.2) is 6.29 Å². The van der Waals surface area contributed by atoms with Crippen LogP contribution in [0.2, 0.25) is 0 Å². The lowest BCUT2D eigenvalue weighted by molar-refractivity contribution is -0.302. The maximum absolute atomic E-state index is 13.0. The molecule has 1 rings (SSSR count). The molecule has 0 aromatic heterocycles. The number of aliphatic hydroxyl groups excluding tert-OH is 5. The summed E-state index contributed by atoms with van der Waals surface area (Å²) in [5.74, 6) is -0.174. The van der Waals surface area contributed by atoms with Gasteiger partial charge in [-0.05, 0) is 77.0 Å². The van der Waals surface area contributed by atoms with E-state index in [0.717, 1.165) is 64.2 Å². The number of carbonyl (C=O) groups excluding carboxylic acids is 2. The molecule has 6 N–H and O–H groups in total. The highest BCUT2D eigenvalue weighted by molar-refractivity contribution is 5.76. The Balaban J connectivity index is 1.86. The average molecular weight is 1290 g/mol. The molecule has 0 aromatic carbocycles. The van der Waals surface area contributed by atoms with Crippen LogP contribution >= 0.6 is 0 Å². The summed E-state index contributed by atoms with van der Waals surface area (Å²) in [6.45, 7) is 4.25. The number of ether oxygens (including phenoxy) is 3. The summed E-state index contributed by atoms with van der Waals surface area (Å²) in [5, 5.41) is 54.3. The summed E-state index contributed by atoms with van der Waals surface area (Å²) < 4.78 is 16.7. The number of unbranched alkanes of at least 4 members (excludes halogenated alkanes) is 50. The number of nitrogens with one attached hydrogen (secondary N) is 1. The minimum Gasteiger partial charge on any atom is -0.466 e. The molecular formula is C80H149NO10. The molecule has 0 aromatic rings. The molecule has 7 unspecified atom stereocenters. The highest BCUT2D eigenvalue weighted by Gasteiger charge is 2.44. The Labute approximate surface area is 561 Å². The molecule has 534 valence electrons. The second kappa shape index (κ2) is 69.0. The van der Waals surface area contributed by atoms with Crippen LogP contribution in [0.1, 0.15) is 386 Å². The molecule has 0 bridgehead atoms. The van der Waals surface area contributed by atoms with Crippen LogP contribution in [0.3, 0.4) is 0 Å². The Morgan fingerprint density at radius 1 is 0.407 bits per heavy atom. The maximum Gasteiger partial charge on any atom is 0.305 e. The van der Waals surface area contributed by atoms with Gasteiger partial charge < -0.3 is 45.1 Å². The van der Waals surface area contributed by atoms with E-state index in [0.29, 0.717) is 19.4 Å². The van der Waals surface area contributed by atoms with E-state index in [4.69, 9.17) is 14.2 Å². The monoisotopic (exact) mass is 1280 g/mol. The third kappa shape index (κ3) is 57.6. The fraction of sp³-hybridized carbons (Fsp3) is 0.875. The minimum absolute atomic E-state index is 0.0192. The third-order valence-corrected chi connectivity index (χ3v) is 18.7. The zero-order chi connectivity index (χ0) is 65.8. The quantitative estimate of drug-likeness (QED) is 0.0195. The van der Waals surface area contributed by atoms with Gasteiger partial charge in [-0.15, -0.1) is 0 Å². The van der Waals surface area contributed by atoms with E-state index in [1.54, 1.807) is 6.08 Å². The molecule has 11 nitrogen and oxygen atoms in total. The smallest absolute Gasteiger partial charge is 0.305 e. The molecule has 0 saturated carbocycles. The standard InChI is InChI=1S/C80H149NO10/c1-3-5-7-9-11-13-15-16-45-48-52-56-60-64-68-76(85)89-69-65-61-57-53-49-46-43-41-39-37-35-33-31-29-27-25-23-21-19-17-18-20-22-24-26-28-30-32-34-36-38-40-42-44-47-51-55-59-63-67-75(84)81-72(71-90-80-79(88)78(87)77(86)74(70-82)91-80)73(83)66-62-58-54-50-14-12-10-8-6-4-2/h6,8,14,17-18,50,62,66,72-74,77-80,82-83,86-88H,3-5,7,9-13,15-16,19-49,51-61,63-65,67-71H2,1-2H3,(H,81,84)/b8-6+,18-17-,50-14+,66-62+. The topological polar surface area (TPSA) is 175 Å². The van der Waals surface area contributed by atoms with Gasteiger partial charge >= 0.3 is 5.97 Å². The normalized spacial score (nSPS) is 17.8. The van der Waals surface area contributed by atoms with Crippen molar-refractivity contribution in [1.82, 2.24) is 5.32 Å². The molecular weight excluding hydrogens is 1130 g/mol. The van der Waals surface area contributed by atoms with Crippen LogP contribution in [0.15, 0.2) is 48.6 Å². The molecule has 0 radical (unpaired) electrons. The molecule has 1 aliphatic rings. The zero-order valence-corrected chi connectivity index (χ0v) is 59.6. The number of aliphatic hydroxyl groups is 5. The summed E-state index contributed by atoms with van der Waals surface area (Å²) in [6, 6.07) is -0.831. The van der Waals surface area contributed by atoms with E-state index in [1.807, 2.05) is 6.08 Å². The zero-order valence-electron chi connectivity index (χ0n) is 59.6. The third-order valence-electron chi connectivity index (χ3n) is 18.7. The Morgan fingerprint density at radius 2 is 0.747 bits per heavy atom. The summed E-state index contributed by atoms with van der Waals surface area (Å²) in [6.07, 6.45) is 81.8. The summed E-state index contributed by atoms with van der Waals surface area (Å²) in [7, 11) is 0. The Kier molecular flexibility index (Phi) is 65.7. The predicted octanol–water partition coefficient (Wildman–Crippen LogP) is 21.1. The van der Waals surface area contributed by atoms with E-state index < -0.39 is 49.5 Å². The Bertz CT molecular complexity index is 1650. The van der Waals surface area contributed by atoms with Crippen molar-refractivity contribution in [1.29, 1.82) is 0 Å². The predicted molar refractivity (Wildman–Crippen MR) is 384 cm³/mol. The first-order valence-corrected chi connectivity index (χ1v) is 39.4. The second-order valence-electron chi connectivity index (χ2n) is 27.4. The first-order chi connectivity index (χ1) is 44.7. The molecule has 1 amide bonds. The van der Waals surface area contributed by atoms with Crippen LogP contribution in [-0.2, 0) is 23.8 Å². The minimum atomic E-state index is -1.58. The first kappa shape index (κ1) is 86.6. The molecule has 91 heavy (non-hydrogen) atoms. The number of hydrogen-bond donors (Lipinski definition) is 6. The lowest BCUT2D eigenvalue weighted by atomic mass is 9.99. The lowest BCUT2D eigenvalue weighted by Crippen LogP contribution is -2.60. The van der Waals surface area contributed by atoms with E-state index >= 15 is 0 Å². The molecule has 0 spiro atoms. The SMILES string of the molecule is CC/C=C/CC/C=C/CC/C=C/C(O)C(COC1OC(CO)C(O)C(O)C1O)NC(=O)CCCCCCCCCCCCCCCCCCC/C=C\CCCCCCCCCCCCCCCCCCCCOC(=O)CCCCCCCCCCCCCCCC. The van der Waals surface area contributed by atoms with Crippen LogP contribution in [0.5, 0.6) is 0 Å². The highest BCUT2D eigenvalue weighted by Crippen LogP contribution is 2.24. The number of hydrogen-bond acceptors (Lipinski definition) is 10. The number of esters is 1. The van der Waals surface area contributed by atoms with Crippen molar-refractivity contribution in [2.45, 2.75) is 429 Å². The molecule has 1 saturated heterocycles. The Morgan fingerprint density at radius 3 is 1.14 bits per heavy atom. The van der Waals surface area contributed by atoms with Crippen LogP contribution in [0.4, 0.5) is 0 Å². The summed E-state index contributed by atoms with van der Waals surface area (Å²) >= 11 is 0. The second-order valence-corrected chi connectivity index (χ2v) is 27.4. The van der Waals surface area contributed by atoms with Gasteiger partial charge in [0.2, 0.25) is 5.91 Å². The van der Waals surface area contributed by atoms with Gasteiger partial charge in [-0.2, -0.15) is 0 Å². The van der Waals surface area contributed by atoms with Crippen molar-refractivity contribution in [3.63, 3.8) is 0 Å². The van der Waals surface area contributed by atoms with Gasteiger partial charge in [-0.1, -0.05) is 345 Å². The van der Waals surface area contributed by atoms with Crippen molar-refractivity contribution >= 4 is 11.9 Å². The van der Waals surface area contributed by atoms with Crippen molar-refractivity contribution in [3.05, 3.63) is 48.6 Å². The number of rotatable bonds is 70. The van der Waals surface area contributed by atoms with Gasteiger partial charge in [-0.3, -0.25) is 9.59 Å². The van der Waals surface area contributed by atoms with Crippen molar-refractivity contribution < 1.29 is 49.3 Å². The van der Waals surface area contributed by atoms with Crippen LogP contribution in [-0.4, -0.2) is 100 Å². The molecule has 1 fully saturated rings. The number of carbonyl (C=O) groups is 2. The van der Waals surface area contributed by atoms with Crippen LogP contribution < -0.4 is 5.32 Å². The highest BCUT2D eigenvalue weighted by atomic mass is 16.7. The molecule has 1 aliphatic heterocycles. The van der Waals surface area contributed by atoms with Gasteiger partial charge in [-0.25, -0.2) is 0 Å². The van der Waals surface area contributed by atoms with Crippen molar-refractivity contribution in [2.75, 3.05) is 19.8 Å². The number of amides is 1. The van der Waals surface area contributed by atoms with Gasteiger partial charge in [0, 0.05) is 12.8 Å². The van der Waals surface area contributed by atoms with Gasteiger partial charge in [0.25, 0.3) is 0 Å². The van der Waals surface area contributed by atoms with E-state index in [9.17, 15) is 35.1 Å². The molecule has 1 heterocycles. The van der Waals surface area contributed by atoms with Crippen LogP contribution in [0, 0.1) is 0 Å². The fourth-order valence-corrected chi connectivity index (χ4v) is 12.5.